The summed E-state index contributed by atoms with van der Waals surface area (Å²) in [4.78, 5) is 0. The first-order valence-electron chi connectivity index (χ1n) is 6.45. The van der Waals surface area contributed by atoms with Crippen molar-refractivity contribution >= 4 is 0 Å². The van der Waals surface area contributed by atoms with E-state index in [0.717, 1.165) is 12.8 Å². The summed E-state index contributed by atoms with van der Waals surface area (Å²) in [6.07, 6.45) is 10.2. The predicted octanol–water partition coefficient (Wildman–Crippen LogP) is 3.26. The van der Waals surface area contributed by atoms with Crippen molar-refractivity contribution < 1.29 is 10.2 Å². The Balaban J connectivity index is 3.22. The van der Waals surface area contributed by atoms with E-state index in [0.29, 0.717) is 6.42 Å². The third-order valence-electron chi connectivity index (χ3n) is 2.97. The van der Waals surface area contributed by atoms with Gasteiger partial charge in [0.1, 0.15) is 0 Å². The summed E-state index contributed by atoms with van der Waals surface area (Å²) in [5.74, 6) is 0. The molecule has 0 heterocycles. The normalized spacial score (nSPS) is 15.2. The maximum absolute atomic E-state index is 9.80. The van der Waals surface area contributed by atoms with Crippen LogP contribution < -0.4 is 0 Å². The molecule has 0 aliphatic rings. The van der Waals surface area contributed by atoms with Crippen molar-refractivity contribution in [2.24, 2.45) is 0 Å². The van der Waals surface area contributed by atoms with Crippen LogP contribution in [0.5, 0.6) is 0 Å². The number of rotatable bonds is 10. The van der Waals surface area contributed by atoms with Crippen LogP contribution in [0.25, 0.3) is 0 Å². The Labute approximate surface area is 94.7 Å². The predicted molar refractivity (Wildman–Crippen MR) is 64.9 cm³/mol. The summed E-state index contributed by atoms with van der Waals surface area (Å²) < 4.78 is 0. The fraction of sp³-hybridized carbons (Fsp3) is 1.00. The lowest BCUT2D eigenvalue weighted by Gasteiger charge is -2.21. The lowest BCUT2D eigenvalue weighted by atomic mass is 9.95. The molecule has 15 heavy (non-hydrogen) atoms. The summed E-state index contributed by atoms with van der Waals surface area (Å²) in [6, 6.07) is 0. The van der Waals surface area contributed by atoms with Crippen molar-refractivity contribution in [2.75, 3.05) is 6.61 Å². The average Bonchev–Trinajstić information content (AvgIpc) is 2.16. The Kier molecular flexibility index (Phi) is 9.12. The van der Waals surface area contributed by atoms with Crippen molar-refractivity contribution in [3.05, 3.63) is 0 Å². The number of unbranched alkanes of at least 4 members (excludes halogenated alkanes) is 6. The number of hydrogen-bond acceptors (Lipinski definition) is 2. The van der Waals surface area contributed by atoms with Crippen molar-refractivity contribution in [3.8, 4) is 0 Å². The van der Waals surface area contributed by atoms with E-state index in [1.807, 2.05) is 6.92 Å². The highest BCUT2D eigenvalue weighted by atomic mass is 16.3. The molecule has 0 aromatic carbocycles. The third-order valence-corrected chi connectivity index (χ3v) is 2.97. The fourth-order valence-electron chi connectivity index (χ4n) is 1.83. The van der Waals surface area contributed by atoms with E-state index < -0.39 is 5.60 Å². The van der Waals surface area contributed by atoms with Gasteiger partial charge in [0.25, 0.3) is 0 Å². The van der Waals surface area contributed by atoms with Gasteiger partial charge in [0.05, 0.1) is 5.60 Å². The zero-order chi connectivity index (χ0) is 11.6. The van der Waals surface area contributed by atoms with Gasteiger partial charge in [-0.3, -0.25) is 0 Å². The molecule has 0 aromatic rings. The molecule has 2 N–H and O–H groups in total. The first kappa shape index (κ1) is 14.9. The minimum Gasteiger partial charge on any atom is -0.396 e. The van der Waals surface area contributed by atoms with Crippen molar-refractivity contribution in [1.29, 1.82) is 0 Å². The van der Waals surface area contributed by atoms with Crippen LogP contribution in [-0.4, -0.2) is 22.4 Å². The minimum absolute atomic E-state index is 0.0868. The zero-order valence-electron chi connectivity index (χ0n) is 10.5. The van der Waals surface area contributed by atoms with E-state index in [1.54, 1.807) is 0 Å². The van der Waals surface area contributed by atoms with E-state index in [-0.39, 0.29) is 6.61 Å². The lowest BCUT2D eigenvalue weighted by Crippen LogP contribution is -2.25. The molecule has 0 aliphatic carbocycles. The molecular formula is C13H28O2. The Hall–Kier alpha value is -0.0800. The van der Waals surface area contributed by atoms with Gasteiger partial charge in [-0.1, -0.05) is 51.9 Å². The van der Waals surface area contributed by atoms with Gasteiger partial charge in [-0.2, -0.15) is 0 Å². The van der Waals surface area contributed by atoms with Crippen LogP contribution in [0.4, 0.5) is 0 Å². The number of aliphatic hydroxyl groups excluding tert-OH is 1. The second kappa shape index (κ2) is 9.17. The van der Waals surface area contributed by atoms with E-state index in [9.17, 15) is 5.11 Å². The second-order valence-electron chi connectivity index (χ2n) is 4.84. The van der Waals surface area contributed by atoms with Gasteiger partial charge in [-0.05, 0) is 19.8 Å². The topological polar surface area (TPSA) is 40.5 Å². The van der Waals surface area contributed by atoms with Crippen LogP contribution in [0, 0.1) is 0 Å². The highest BCUT2D eigenvalue weighted by Crippen LogP contribution is 2.18. The van der Waals surface area contributed by atoms with E-state index in [1.165, 1.54) is 38.5 Å². The summed E-state index contributed by atoms with van der Waals surface area (Å²) in [6.45, 7) is 4.13. The quantitative estimate of drug-likeness (QED) is 0.550. The van der Waals surface area contributed by atoms with Gasteiger partial charge in [0.15, 0.2) is 0 Å². The SMILES string of the molecule is CCCCCCCCCC(C)(O)CCO. The van der Waals surface area contributed by atoms with Gasteiger partial charge in [0, 0.05) is 6.61 Å². The smallest absolute Gasteiger partial charge is 0.0641 e. The molecule has 1 unspecified atom stereocenters. The Morgan fingerprint density at radius 2 is 1.40 bits per heavy atom. The summed E-state index contributed by atoms with van der Waals surface area (Å²) in [7, 11) is 0. The Morgan fingerprint density at radius 1 is 0.867 bits per heavy atom. The molecule has 0 spiro atoms. The van der Waals surface area contributed by atoms with Gasteiger partial charge >= 0.3 is 0 Å². The summed E-state index contributed by atoms with van der Waals surface area (Å²) >= 11 is 0. The molecule has 0 radical (unpaired) electrons. The first-order valence-corrected chi connectivity index (χ1v) is 6.45. The highest BCUT2D eigenvalue weighted by molar-refractivity contribution is 4.71. The molecule has 92 valence electrons. The molecule has 2 nitrogen and oxygen atoms in total. The van der Waals surface area contributed by atoms with Crippen LogP contribution in [0.2, 0.25) is 0 Å². The molecule has 0 saturated carbocycles. The third kappa shape index (κ3) is 10.2. The van der Waals surface area contributed by atoms with Crippen LogP contribution in [-0.2, 0) is 0 Å². The van der Waals surface area contributed by atoms with E-state index in [4.69, 9.17) is 5.11 Å². The van der Waals surface area contributed by atoms with Gasteiger partial charge < -0.3 is 10.2 Å². The van der Waals surface area contributed by atoms with Crippen LogP contribution in [0.3, 0.4) is 0 Å². The molecule has 2 heteroatoms. The van der Waals surface area contributed by atoms with Crippen molar-refractivity contribution in [3.63, 3.8) is 0 Å². The van der Waals surface area contributed by atoms with E-state index in [2.05, 4.69) is 6.92 Å². The number of hydrogen-bond donors (Lipinski definition) is 2. The molecule has 0 aromatic heterocycles. The number of aliphatic hydroxyl groups is 2. The van der Waals surface area contributed by atoms with Gasteiger partial charge in [-0.15, -0.1) is 0 Å². The zero-order valence-corrected chi connectivity index (χ0v) is 10.5. The van der Waals surface area contributed by atoms with Crippen LogP contribution >= 0.6 is 0 Å². The molecule has 0 bridgehead atoms. The van der Waals surface area contributed by atoms with Gasteiger partial charge in [0.2, 0.25) is 0 Å². The summed E-state index contributed by atoms with van der Waals surface area (Å²) in [5, 5.41) is 18.5. The maximum atomic E-state index is 9.80. The summed E-state index contributed by atoms with van der Waals surface area (Å²) in [5.41, 5.74) is -0.655. The average molecular weight is 216 g/mol. The lowest BCUT2D eigenvalue weighted by molar-refractivity contribution is 0.0232. The Bertz CT molecular complexity index is 132. The Morgan fingerprint density at radius 3 is 1.93 bits per heavy atom. The molecule has 0 rings (SSSR count). The largest absolute Gasteiger partial charge is 0.396 e. The maximum Gasteiger partial charge on any atom is 0.0641 e. The molecule has 0 amide bonds. The van der Waals surface area contributed by atoms with Crippen molar-refractivity contribution in [2.45, 2.75) is 77.2 Å². The molecule has 0 saturated heterocycles. The second-order valence-corrected chi connectivity index (χ2v) is 4.84. The van der Waals surface area contributed by atoms with Crippen molar-refractivity contribution in [1.82, 2.24) is 0 Å². The molecule has 0 fully saturated rings. The van der Waals surface area contributed by atoms with Crippen LogP contribution in [0.15, 0.2) is 0 Å². The highest BCUT2D eigenvalue weighted by Gasteiger charge is 2.18. The fourth-order valence-corrected chi connectivity index (χ4v) is 1.83. The molecule has 0 aliphatic heterocycles. The van der Waals surface area contributed by atoms with Gasteiger partial charge in [-0.25, -0.2) is 0 Å². The standard InChI is InChI=1S/C13H28O2/c1-3-4-5-6-7-8-9-10-13(2,15)11-12-14/h14-15H,3-12H2,1-2H3. The van der Waals surface area contributed by atoms with Crippen LogP contribution in [0.1, 0.15) is 71.6 Å². The van der Waals surface area contributed by atoms with E-state index >= 15 is 0 Å². The molecular weight excluding hydrogens is 188 g/mol. The minimum atomic E-state index is -0.655. The first-order chi connectivity index (χ1) is 7.12. The monoisotopic (exact) mass is 216 g/mol. The molecule has 1 atom stereocenters.